The summed E-state index contributed by atoms with van der Waals surface area (Å²) in [7, 11) is 0. The lowest BCUT2D eigenvalue weighted by atomic mass is 9.76. The van der Waals surface area contributed by atoms with E-state index in [0.29, 0.717) is 113 Å². The number of carbonyl (C=O) groups is 5. The quantitative estimate of drug-likeness (QED) is 0.0420. The first-order valence-electron chi connectivity index (χ1n) is 47.3. The molecule has 15 aromatic carbocycles. The Bertz CT molecular complexity index is 7520. The summed E-state index contributed by atoms with van der Waals surface area (Å²) in [4.78, 5) is 64.0. The molecule has 141 heavy (non-hydrogen) atoms. The van der Waals surface area contributed by atoms with E-state index in [9.17, 15) is 34.2 Å². The summed E-state index contributed by atoms with van der Waals surface area (Å²) in [5.74, 6) is 4.55. The minimum atomic E-state index is -1.11. The van der Waals surface area contributed by atoms with E-state index in [-0.39, 0.29) is 41.3 Å². The Morgan fingerprint density at radius 2 is 0.539 bits per heavy atom. The summed E-state index contributed by atoms with van der Waals surface area (Å²) in [5.41, 5.74) is 40.6. The van der Waals surface area contributed by atoms with Gasteiger partial charge >= 0.3 is 29.8 Å². The maximum atomic E-state index is 13.0. The van der Waals surface area contributed by atoms with E-state index >= 15 is 0 Å². The molecule has 0 saturated heterocycles. The number of ether oxygens (including phenoxy) is 10. The van der Waals surface area contributed by atoms with E-state index in [2.05, 4.69) is 90.7 Å². The third-order valence-electron chi connectivity index (χ3n) is 28.4. The van der Waals surface area contributed by atoms with Crippen molar-refractivity contribution in [1.29, 1.82) is 0 Å². The van der Waals surface area contributed by atoms with Crippen LogP contribution in [-0.4, -0.2) is 72.8 Å². The van der Waals surface area contributed by atoms with Gasteiger partial charge in [0.2, 0.25) is 0 Å². The van der Waals surface area contributed by atoms with Crippen LogP contribution in [0.4, 0.5) is 45.5 Å². The van der Waals surface area contributed by atoms with E-state index in [4.69, 9.17) is 64.6 Å². The minimum Gasteiger partial charge on any atom is -0.508 e. The fourth-order valence-electron chi connectivity index (χ4n) is 22.1. The monoisotopic (exact) mass is 1870 g/mol. The van der Waals surface area contributed by atoms with E-state index in [1.807, 2.05) is 166 Å². The number of hydrogen-bond donors (Lipinski definition) is 10. The second-order valence-corrected chi connectivity index (χ2v) is 36.8. The Morgan fingerprint density at radius 1 is 0.284 bits per heavy atom. The average Bonchev–Trinajstić information content (AvgIpc) is 1.54. The van der Waals surface area contributed by atoms with Crippen molar-refractivity contribution in [3.8, 4) is 69.0 Å². The fourth-order valence-corrected chi connectivity index (χ4v) is 22.1. The Hall–Kier alpha value is -17.4. The number of fused-ring (bicyclic) bond motifs is 32. The van der Waals surface area contributed by atoms with Crippen LogP contribution in [0.1, 0.15) is 202 Å². The lowest BCUT2D eigenvalue weighted by Crippen LogP contribution is -2.34. The number of phenols is 2. The minimum absolute atomic E-state index is 0.0684. The summed E-state index contributed by atoms with van der Waals surface area (Å²) in [6, 6.07) is 82.5. The van der Waals surface area contributed by atoms with Crippen LogP contribution in [0, 0.1) is 27.7 Å². The first-order valence-corrected chi connectivity index (χ1v) is 47.3. The number of carbonyl (C=O) groups excluding carboxylic acids is 5. The first-order chi connectivity index (χ1) is 68.4. The zero-order valence-electron chi connectivity index (χ0n) is 78.0. The number of aromatic hydroxyl groups is 2. The van der Waals surface area contributed by atoms with Crippen molar-refractivity contribution >= 4 is 75.3 Å². The topological polar surface area (TPSA) is 356 Å². The summed E-state index contributed by atoms with van der Waals surface area (Å²) in [6.45, 7) is 18.4. The van der Waals surface area contributed by atoms with E-state index < -0.39 is 28.0 Å². The van der Waals surface area contributed by atoms with Gasteiger partial charge in [0.05, 0.1) is 27.8 Å². The van der Waals surface area contributed by atoms with Crippen LogP contribution < -0.4 is 67.5 Å². The highest BCUT2D eigenvalue weighted by Gasteiger charge is 2.60. The molecule has 0 aliphatic carbocycles. The predicted octanol–water partition coefficient (Wildman–Crippen LogP) is 22.7. The van der Waals surface area contributed by atoms with Crippen molar-refractivity contribution in [3.05, 3.63) is 412 Å². The highest BCUT2D eigenvalue weighted by Crippen LogP contribution is 2.65. The zero-order valence-corrected chi connectivity index (χ0v) is 78.0. The molecule has 12 aliphatic rings. The van der Waals surface area contributed by atoms with Crippen molar-refractivity contribution in [2.45, 2.75) is 102 Å². The van der Waals surface area contributed by atoms with E-state index in [0.717, 1.165) is 182 Å². The van der Waals surface area contributed by atoms with Crippen molar-refractivity contribution in [3.63, 3.8) is 0 Å². The number of phenolic OH excluding ortho intramolecular Hbond substituents is 2. The molecule has 0 saturated carbocycles. The van der Waals surface area contributed by atoms with Crippen molar-refractivity contribution in [1.82, 2.24) is 0 Å². The molecule has 0 fully saturated rings. The van der Waals surface area contributed by atoms with Crippen molar-refractivity contribution in [2.24, 2.45) is 0 Å². The molecule has 12 heterocycles. The molecule has 25 heteroatoms. The average molecular weight is 1870 g/mol. The summed E-state index contributed by atoms with van der Waals surface area (Å²) in [6.07, 6.45) is 4.18. The number of nitrogens with one attached hydrogen (secondary N) is 5. The van der Waals surface area contributed by atoms with Gasteiger partial charge in [-0.05, 0) is 223 Å². The molecular formula is C116H96N8O17. The van der Waals surface area contributed by atoms with E-state index in [1.165, 1.54) is 17.2 Å². The molecule has 702 valence electrons. The Kier molecular flexibility index (Phi) is 20.7. The van der Waals surface area contributed by atoms with Gasteiger partial charge in [0.25, 0.3) is 0 Å². The van der Waals surface area contributed by atoms with Crippen LogP contribution in [0.5, 0.6) is 69.0 Å². The number of rotatable bonds is 6. The normalized spacial score (nSPS) is 17.5. The van der Waals surface area contributed by atoms with Gasteiger partial charge in [-0.2, -0.15) is 0 Å². The summed E-state index contributed by atoms with van der Waals surface area (Å²) >= 11 is 0. The predicted molar refractivity (Wildman–Crippen MR) is 535 cm³/mol. The second kappa shape index (κ2) is 33.2. The molecule has 0 amide bonds. The number of anilines is 8. The van der Waals surface area contributed by atoms with Gasteiger partial charge < -0.3 is 101 Å². The molecule has 27 rings (SSSR count). The van der Waals surface area contributed by atoms with Crippen LogP contribution in [0.2, 0.25) is 0 Å². The van der Waals surface area contributed by atoms with Crippen LogP contribution in [0.15, 0.2) is 267 Å². The number of aryl methyl sites for hydroxylation is 6. The van der Waals surface area contributed by atoms with Crippen LogP contribution in [0.3, 0.4) is 0 Å². The van der Waals surface area contributed by atoms with Gasteiger partial charge in [-0.15, -0.1) is 0 Å². The largest absolute Gasteiger partial charge is 0.508 e. The molecule has 2 atom stereocenters. The third-order valence-corrected chi connectivity index (χ3v) is 28.4. The van der Waals surface area contributed by atoms with Crippen molar-refractivity contribution in [2.75, 3.05) is 76.5 Å². The molecular weight excluding hydrogens is 1780 g/mol. The van der Waals surface area contributed by atoms with Crippen LogP contribution >= 0.6 is 0 Å². The van der Waals surface area contributed by atoms with Crippen LogP contribution in [-0.2, 0) is 64.5 Å². The SMILES string of the molecule is CCNc1cc2c(cc1C)C1(OC(=O)c3ccccc31)c1cc(C)c(NCC)cc1O2.CCNc1cc2c(cc1C)C1(OC(=O)c3ccccc31)c1cc(C)c(O)cc1O2.Nc1ccc2c(c1)Oc1cc(N)ccc1C21OC(=O)c2ccccc21.Nc1ccc2c(c1)Oc1cc(O)ccc1C21OC(=O)c2ccccc21.O=C1OC2(c3cc4c(cc3Oc3cc5c(cc32)CCCN5)NCCC4)c2ccccc21. The first kappa shape index (κ1) is 87.7. The smallest absolute Gasteiger partial charge is 0.340 e. The van der Waals surface area contributed by atoms with Gasteiger partial charge in [0.1, 0.15) is 69.0 Å². The Balaban J connectivity index is 0.0000000984. The molecule has 25 nitrogen and oxygen atoms in total. The fraction of sp³-hybridized carbons (Fsp3) is 0.181. The number of benzene rings is 15. The van der Waals surface area contributed by atoms with E-state index in [1.54, 1.807) is 78.9 Å². The Morgan fingerprint density at radius 3 is 0.851 bits per heavy atom. The molecule has 2 unspecified atom stereocenters. The third kappa shape index (κ3) is 13.5. The van der Waals surface area contributed by atoms with Gasteiger partial charge in [0, 0.05) is 222 Å². The molecule has 15 aromatic rings. The van der Waals surface area contributed by atoms with Gasteiger partial charge in [-0.25, -0.2) is 24.0 Å². The van der Waals surface area contributed by atoms with Gasteiger partial charge in [-0.1, -0.05) is 91.0 Å². The highest BCUT2D eigenvalue weighted by molar-refractivity contribution is 6.02. The zero-order chi connectivity index (χ0) is 97.0. The molecule has 12 aliphatic heterocycles. The lowest BCUT2D eigenvalue weighted by Gasteiger charge is -2.38. The highest BCUT2D eigenvalue weighted by atomic mass is 16.6. The summed E-state index contributed by atoms with van der Waals surface area (Å²) in [5, 5.41) is 37.3. The van der Waals surface area contributed by atoms with Crippen LogP contribution in [0.25, 0.3) is 0 Å². The maximum Gasteiger partial charge on any atom is 0.340 e. The second-order valence-electron chi connectivity index (χ2n) is 36.8. The van der Waals surface area contributed by atoms with Gasteiger partial charge in [0.15, 0.2) is 28.0 Å². The maximum absolute atomic E-state index is 13.0. The molecule has 13 N–H and O–H groups in total. The van der Waals surface area contributed by atoms with Crippen molar-refractivity contribution < 1.29 is 81.6 Å². The lowest BCUT2D eigenvalue weighted by molar-refractivity contribution is 0.0214. The molecule has 5 spiro atoms. The number of nitrogen functional groups attached to an aromatic ring is 3. The van der Waals surface area contributed by atoms with Gasteiger partial charge in [-0.3, -0.25) is 0 Å². The molecule has 0 aromatic heterocycles. The molecule has 0 radical (unpaired) electrons. The standard InChI is InChI=1S/C26H22N2O3.C26H26N2O3.C24H21NO4.C20H14N2O3.C20H13NO4/c29-25-17-7-1-2-8-18(17)26(31-25)19-11-15-5-3-9-27-21(15)13-23(19)30-24-14-22-16(12-20(24)26)6-4-10-28-22;1-5-27-21-13-23-19(11-15(21)3)26(18-10-8-7-9-17(18)25(29)31-26)20-12-16(4)22(28-6-2)14-24(20)30-23;1-4-25-19-11-21-17(9-13(19)2)24(16-8-6-5-7-15(16)23(27)29-24)18-10-14(3)20(26)12-22(18)28-21;2*21-11-5-7-15-17(9-11)24-18-10-12(22)6-8-16(18)20(15)14-4-2-1-3-13(14)19(23)25-20/h1-2,7-8,11-14,27-28H,3-6,9-10H2;7-14,27-28H,5-6H2,1-4H3;5-12,25-26H,4H2,1-3H3;1-10H,21-22H2;1-10,22H,21H2. The molecule has 0 bridgehead atoms. The number of nitrogens with two attached hydrogens (primary N) is 3. The Labute approximate surface area is 811 Å². The summed E-state index contributed by atoms with van der Waals surface area (Å²) < 4.78 is 61.8. The number of esters is 5. The number of hydrogen-bond acceptors (Lipinski definition) is 25.